The Balaban J connectivity index is 1.89. The molecule has 0 saturated carbocycles. The molecule has 1 aliphatic rings. The van der Waals surface area contributed by atoms with Crippen LogP contribution in [0.25, 0.3) is 11.2 Å². The molecule has 1 aliphatic heterocycles. The van der Waals surface area contributed by atoms with Gasteiger partial charge in [-0.05, 0) is 32.4 Å². The monoisotopic (exact) mass is 519 g/mol. The molecule has 2 aromatic heterocycles. The summed E-state index contributed by atoms with van der Waals surface area (Å²) in [6.07, 6.45) is -0.231. The number of carbonyl (C=O) groups excluding carboxylic acids is 1. The lowest BCUT2D eigenvalue weighted by atomic mass is 9.98. The lowest BCUT2D eigenvalue weighted by molar-refractivity contribution is -0.165. The van der Waals surface area contributed by atoms with Gasteiger partial charge in [0.2, 0.25) is 5.28 Å². The summed E-state index contributed by atoms with van der Waals surface area (Å²) in [6, 6.07) is 0. The molecule has 13 nitrogen and oxygen atoms in total. The van der Waals surface area contributed by atoms with Crippen LogP contribution in [0.4, 0.5) is 5.82 Å². The number of nitrogens with zero attached hydrogens (tertiary/aromatic N) is 4. The van der Waals surface area contributed by atoms with Crippen molar-refractivity contribution in [1.29, 1.82) is 0 Å². The van der Waals surface area contributed by atoms with E-state index in [9.17, 15) is 24.3 Å². The summed E-state index contributed by atoms with van der Waals surface area (Å²) >= 11 is 6.05. The van der Waals surface area contributed by atoms with Gasteiger partial charge in [0.1, 0.15) is 6.10 Å². The topological polar surface area (TPSA) is 178 Å². The van der Waals surface area contributed by atoms with Gasteiger partial charge in [0.15, 0.2) is 23.2 Å². The Kier molecular flexibility index (Phi) is 7.98. The molecular weight excluding hydrogens is 493 g/mol. The highest BCUT2D eigenvalue weighted by Gasteiger charge is 2.54. The Bertz CT molecular complexity index is 1110. The Labute approximate surface area is 200 Å². The minimum Gasteiger partial charge on any atom is -0.463 e. The number of nitrogens with one attached hydrogen (secondary N) is 1. The second kappa shape index (κ2) is 10.2. The summed E-state index contributed by atoms with van der Waals surface area (Å²) in [5.74, 6) is -1.51. The highest BCUT2D eigenvalue weighted by Crippen LogP contribution is 2.52. The zero-order valence-electron chi connectivity index (χ0n) is 18.8. The van der Waals surface area contributed by atoms with Crippen LogP contribution in [0.3, 0.4) is 0 Å². The van der Waals surface area contributed by atoms with Crippen LogP contribution >= 0.6 is 19.2 Å². The van der Waals surface area contributed by atoms with E-state index >= 15 is 0 Å². The van der Waals surface area contributed by atoms with Gasteiger partial charge in [-0.15, -0.1) is 6.58 Å². The second-order valence-corrected chi connectivity index (χ2v) is 9.90. The third kappa shape index (κ3) is 4.82. The summed E-state index contributed by atoms with van der Waals surface area (Å²) in [7, 11) is -5.08. The molecule has 1 fully saturated rings. The molecule has 2 aromatic rings. The summed E-state index contributed by atoms with van der Waals surface area (Å²) in [6.45, 7) is 8.05. The Hall–Kier alpha value is -2.12. The van der Waals surface area contributed by atoms with Crippen molar-refractivity contribution >= 4 is 42.1 Å². The van der Waals surface area contributed by atoms with E-state index in [-0.39, 0.29) is 11.9 Å². The number of hydrogen-bond donors (Lipinski definition) is 4. The van der Waals surface area contributed by atoms with Gasteiger partial charge in [-0.1, -0.05) is 6.08 Å². The third-order valence-corrected chi connectivity index (χ3v) is 7.05. The van der Waals surface area contributed by atoms with Gasteiger partial charge in [-0.25, -0.2) is 9.78 Å². The number of rotatable bonds is 10. The van der Waals surface area contributed by atoms with Crippen LogP contribution in [-0.4, -0.2) is 77.7 Å². The van der Waals surface area contributed by atoms with Crippen molar-refractivity contribution in [3.8, 4) is 0 Å². The second-order valence-electron chi connectivity index (χ2n) is 7.62. The molecule has 3 heterocycles. The summed E-state index contributed by atoms with van der Waals surface area (Å²) in [5.41, 5.74) is 0.712. The number of aliphatic hydroxyl groups excluding tert-OH is 1. The van der Waals surface area contributed by atoms with Gasteiger partial charge < -0.3 is 34.4 Å². The predicted molar refractivity (Wildman–Crippen MR) is 121 cm³/mol. The first-order valence-electron chi connectivity index (χ1n) is 10.4. The van der Waals surface area contributed by atoms with E-state index in [4.69, 9.17) is 25.8 Å². The zero-order chi connectivity index (χ0) is 25.3. The van der Waals surface area contributed by atoms with E-state index in [0.29, 0.717) is 23.5 Å². The number of ether oxygens (including phenoxy) is 3. The maximum atomic E-state index is 12.3. The summed E-state index contributed by atoms with van der Waals surface area (Å²) in [4.78, 5) is 44.3. The maximum Gasteiger partial charge on any atom is 0.368 e. The quantitative estimate of drug-likeness (QED) is 0.154. The van der Waals surface area contributed by atoms with E-state index in [2.05, 4.69) is 26.8 Å². The van der Waals surface area contributed by atoms with Crippen LogP contribution in [0.5, 0.6) is 0 Å². The molecule has 1 unspecified atom stereocenters. The Morgan fingerprint density at radius 3 is 2.74 bits per heavy atom. The average molecular weight is 520 g/mol. The number of aliphatic hydroxyl groups is 1. The van der Waals surface area contributed by atoms with Gasteiger partial charge in [-0.3, -0.25) is 9.13 Å². The lowest BCUT2D eigenvalue weighted by Gasteiger charge is -2.29. The van der Waals surface area contributed by atoms with Crippen LogP contribution in [0.15, 0.2) is 19.0 Å². The third-order valence-electron chi connectivity index (χ3n) is 5.45. The van der Waals surface area contributed by atoms with E-state index < -0.39 is 49.9 Å². The molecule has 0 aliphatic carbocycles. The van der Waals surface area contributed by atoms with Crippen LogP contribution in [0.2, 0.25) is 5.28 Å². The SMILES string of the molecule is C=C[C@H]1[C@@H](O)[C@H](n2cnc3c(NCC)nc(Cl)nc32)O[C@@H]1COC(C)(C(=O)OCC)P(=O)(O)O. The molecule has 4 N–H and O–H groups in total. The predicted octanol–water partition coefficient (Wildman–Crippen LogP) is 1.45. The molecule has 0 radical (unpaired) electrons. The summed E-state index contributed by atoms with van der Waals surface area (Å²) < 4.78 is 29.6. The molecule has 188 valence electrons. The molecule has 5 atom stereocenters. The van der Waals surface area contributed by atoms with Gasteiger partial charge in [0.25, 0.3) is 5.34 Å². The van der Waals surface area contributed by atoms with Gasteiger partial charge >= 0.3 is 13.6 Å². The number of hydrogen-bond acceptors (Lipinski definition) is 10. The Morgan fingerprint density at radius 1 is 1.44 bits per heavy atom. The fourth-order valence-electron chi connectivity index (χ4n) is 3.57. The Morgan fingerprint density at radius 2 is 2.15 bits per heavy atom. The van der Waals surface area contributed by atoms with Crippen LogP contribution in [0.1, 0.15) is 27.0 Å². The van der Waals surface area contributed by atoms with Crippen molar-refractivity contribution in [3.05, 3.63) is 24.3 Å². The van der Waals surface area contributed by atoms with Gasteiger partial charge in [-0.2, -0.15) is 9.97 Å². The van der Waals surface area contributed by atoms with Crippen molar-refractivity contribution in [2.24, 2.45) is 5.92 Å². The number of esters is 1. The molecule has 0 bridgehead atoms. The van der Waals surface area contributed by atoms with Crippen LogP contribution in [-0.2, 0) is 23.6 Å². The first kappa shape index (κ1) is 26.5. The van der Waals surface area contributed by atoms with E-state index in [1.54, 1.807) is 0 Å². The highest BCUT2D eigenvalue weighted by atomic mass is 35.5. The largest absolute Gasteiger partial charge is 0.463 e. The average Bonchev–Trinajstić information content (AvgIpc) is 3.31. The first-order chi connectivity index (χ1) is 16.0. The van der Waals surface area contributed by atoms with Crippen molar-refractivity contribution in [2.45, 2.75) is 44.5 Å². The van der Waals surface area contributed by atoms with Crippen molar-refractivity contribution in [2.75, 3.05) is 25.1 Å². The van der Waals surface area contributed by atoms with Crippen LogP contribution < -0.4 is 5.32 Å². The highest BCUT2D eigenvalue weighted by molar-refractivity contribution is 7.54. The van der Waals surface area contributed by atoms with Crippen molar-refractivity contribution in [3.63, 3.8) is 0 Å². The standard InChI is InChI=1S/C19H27ClN5O8P/c1-5-10-11(8-32-19(4,34(28,29)30)17(27)31-7-3)33-16(13(10)26)25-9-22-12-14(21-6-2)23-18(20)24-15(12)25/h5,9-11,13,16,26H,1,6-8H2,2-4H3,(H,21,23,24)(H2,28,29,30)/t10-,11-,13-,16-,19?/m1/s1. The van der Waals surface area contributed by atoms with Gasteiger partial charge in [0.05, 0.1) is 25.6 Å². The summed E-state index contributed by atoms with van der Waals surface area (Å²) in [5, 5.41) is 11.4. The molecule has 3 rings (SSSR count). The van der Waals surface area contributed by atoms with E-state index in [0.717, 1.165) is 6.92 Å². The molecule has 1 saturated heterocycles. The van der Waals surface area contributed by atoms with E-state index in [1.165, 1.54) is 23.9 Å². The van der Waals surface area contributed by atoms with Crippen LogP contribution in [0, 0.1) is 5.92 Å². The molecule has 15 heteroatoms. The minimum absolute atomic E-state index is 0.0373. The fourth-order valence-corrected chi connectivity index (χ4v) is 4.28. The molecule has 0 aromatic carbocycles. The number of aromatic nitrogens is 4. The van der Waals surface area contributed by atoms with Crippen molar-refractivity contribution in [1.82, 2.24) is 19.5 Å². The number of halogens is 1. The fraction of sp³-hybridized carbons (Fsp3) is 0.579. The smallest absolute Gasteiger partial charge is 0.368 e. The molecule has 0 spiro atoms. The molecular formula is C19H27ClN5O8P. The number of carbonyl (C=O) groups is 1. The van der Waals surface area contributed by atoms with Crippen molar-refractivity contribution < 1.29 is 38.5 Å². The maximum absolute atomic E-state index is 12.3. The first-order valence-corrected chi connectivity index (χ1v) is 12.4. The van der Waals surface area contributed by atoms with E-state index in [1.807, 2.05) is 6.92 Å². The zero-order valence-corrected chi connectivity index (χ0v) is 20.4. The minimum atomic E-state index is -5.08. The number of imidazole rings is 1. The normalized spacial score (nSPS) is 24.7. The number of anilines is 1. The van der Waals surface area contributed by atoms with Gasteiger partial charge in [0, 0.05) is 12.5 Å². The number of fused-ring (bicyclic) bond motifs is 1. The molecule has 34 heavy (non-hydrogen) atoms. The molecule has 0 amide bonds. The lowest BCUT2D eigenvalue weighted by Crippen LogP contribution is -2.42.